The highest BCUT2D eigenvalue weighted by atomic mass is 35.5. The lowest BCUT2D eigenvalue weighted by Crippen LogP contribution is -2.38. The van der Waals surface area contributed by atoms with Crippen molar-refractivity contribution in [2.75, 3.05) is 13.1 Å². The lowest BCUT2D eigenvalue weighted by atomic mass is 9.90. The van der Waals surface area contributed by atoms with Crippen LogP contribution in [0.15, 0.2) is 54.7 Å². The summed E-state index contributed by atoms with van der Waals surface area (Å²) in [6.45, 7) is 0.912. The van der Waals surface area contributed by atoms with E-state index in [-0.39, 0.29) is 24.0 Å². The Morgan fingerprint density at radius 3 is 2.59 bits per heavy atom. The highest BCUT2D eigenvalue weighted by molar-refractivity contribution is 6.31. The van der Waals surface area contributed by atoms with Crippen molar-refractivity contribution in [1.82, 2.24) is 14.7 Å². The van der Waals surface area contributed by atoms with Gasteiger partial charge in [-0.25, -0.2) is 9.07 Å². The van der Waals surface area contributed by atoms with Crippen LogP contribution in [0.3, 0.4) is 0 Å². The summed E-state index contributed by atoms with van der Waals surface area (Å²) in [4.78, 5) is 14.4. The molecule has 2 aromatic carbocycles. The van der Waals surface area contributed by atoms with Crippen LogP contribution in [0.2, 0.25) is 5.02 Å². The zero-order valence-corrected chi connectivity index (χ0v) is 16.5. The number of aromatic nitrogens is 2. The molecule has 3 aromatic rings. The number of carbonyl (C=O) groups excluding carboxylic acids is 1. The van der Waals surface area contributed by atoms with Gasteiger partial charge in [-0.05, 0) is 43.2 Å². The van der Waals surface area contributed by atoms with Crippen LogP contribution in [0, 0.1) is 5.82 Å². The number of carbonyl (C=O) groups is 1. The second-order valence-electron chi connectivity index (χ2n) is 7.15. The number of hydrogen-bond donors (Lipinski definition) is 1. The fraction of sp³-hybridized carbons (Fsp3) is 0.273. The molecule has 150 valence electrons. The lowest BCUT2D eigenvalue weighted by Gasteiger charge is -2.33. The van der Waals surface area contributed by atoms with E-state index in [4.69, 9.17) is 11.6 Å². The van der Waals surface area contributed by atoms with Gasteiger partial charge in [-0.2, -0.15) is 5.10 Å². The Bertz CT molecular complexity index is 1010. The average Bonchev–Trinajstić information content (AvgIpc) is 3.20. The topological polar surface area (TPSA) is 58.4 Å². The molecule has 2 heterocycles. The van der Waals surface area contributed by atoms with Gasteiger partial charge in [-0.1, -0.05) is 29.8 Å². The van der Waals surface area contributed by atoms with E-state index in [0.717, 1.165) is 16.9 Å². The van der Waals surface area contributed by atoms with E-state index in [1.54, 1.807) is 11.1 Å². The van der Waals surface area contributed by atoms with Crippen LogP contribution in [-0.2, 0) is 6.61 Å². The first kappa shape index (κ1) is 19.6. The van der Waals surface area contributed by atoms with E-state index in [9.17, 15) is 14.3 Å². The van der Waals surface area contributed by atoms with Crippen LogP contribution >= 0.6 is 11.6 Å². The smallest absolute Gasteiger partial charge is 0.256 e. The van der Waals surface area contributed by atoms with Crippen molar-refractivity contribution in [3.63, 3.8) is 0 Å². The van der Waals surface area contributed by atoms with Gasteiger partial charge in [0.25, 0.3) is 5.91 Å². The number of aliphatic hydroxyl groups is 1. The van der Waals surface area contributed by atoms with Gasteiger partial charge in [0, 0.05) is 29.6 Å². The van der Waals surface area contributed by atoms with Gasteiger partial charge < -0.3 is 10.0 Å². The maximum Gasteiger partial charge on any atom is 0.256 e. The summed E-state index contributed by atoms with van der Waals surface area (Å²) in [7, 11) is 0. The number of likely N-dealkylation sites (tertiary alicyclic amines) is 1. The second-order valence-corrected chi connectivity index (χ2v) is 7.59. The number of hydrogen-bond acceptors (Lipinski definition) is 3. The Labute approximate surface area is 173 Å². The van der Waals surface area contributed by atoms with Gasteiger partial charge in [0.05, 0.1) is 29.7 Å². The van der Waals surface area contributed by atoms with E-state index in [0.29, 0.717) is 31.0 Å². The molecule has 0 aliphatic carbocycles. The summed E-state index contributed by atoms with van der Waals surface area (Å²) >= 11 is 5.93. The number of piperidine rings is 1. The third-order valence-electron chi connectivity index (χ3n) is 5.39. The number of aliphatic hydroxyl groups excluding tert-OH is 1. The molecule has 0 unspecified atom stereocenters. The molecule has 5 nitrogen and oxygen atoms in total. The van der Waals surface area contributed by atoms with E-state index in [1.165, 1.54) is 18.2 Å². The Hall–Kier alpha value is -2.70. The maximum atomic E-state index is 14.1. The molecule has 0 bridgehead atoms. The molecule has 1 amide bonds. The summed E-state index contributed by atoms with van der Waals surface area (Å²) in [6.07, 6.45) is 3.11. The van der Waals surface area contributed by atoms with Gasteiger partial charge in [0.15, 0.2) is 0 Å². The van der Waals surface area contributed by atoms with E-state index in [1.807, 2.05) is 35.0 Å². The molecular formula is C22H21ClFN3O2. The Morgan fingerprint density at radius 2 is 1.90 bits per heavy atom. The first-order valence-electron chi connectivity index (χ1n) is 9.56. The molecule has 0 atom stereocenters. The van der Waals surface area contributed by atoms with Crippen molar-refractivity contribution < 1.29 is 14.3 Å². The van der Waals surface area contributed by atoms with Crippen LogP contribution < -0.4 is 0 Å². The fourth-order valence-electron chi connectivity index (χ4n) is 3.91. The minimum atomic E-state index is -0.564. The number of halogens is 2. The van der Waals surface area contributed by atoms with Crippen molar-refractivity contribution in [2.24, 2.45) is 0 Å². The molecule has 1 N–H and O–H groups in total. The molecular weight excluding hydrogens is 393 g/mol. The maximum absolute atomic E-state index is 14.1. The Balaban J connectivity index is 1.54. The first-order chi connectivity index (χ1) is 14.1. The number of benzene rings is 2. The normalized spacial score (nSPS) is 14.9. The molecule has 0 saturated carbocycles. The van der Waals surface area contributed by atoms with Gasteiger partial charge in [-0.15, -0.1) is 0 Å². The summed E-state index contributed by atoms with van der Waals surface area (Å²) in [5.74, 6) is -0.762. The third kappa shape index (κ3) is 3.91. The van der Waals surface area contributed by atoms with Crippen molar-refractivity contribution in [1.29, 1.82) is 0 Å². The number of rotatable bonds is 4. The van der Waals surface area contributed by atoms with Gasteiger partial charge in [0.2, 0.25) is 0 Å². The molecule has 1 aromatic heterocycles. The van der Waals surface area contributed by atoms with Gasteiger partial charge >= 0.3 is 0 Å². The zero-order chi connectivity index (χ0) is 20.4. The fourth-order valence-corrected chi connectivity index (χ4v) is 4.08. The van der Waals surface area contributed by atoms with Crippen LogP contribution in [0.25, 0.3) is 5.69 Å². The van der Waals surface area contributed by atoms with E-state index < -0.39 is 5.82 Å². The Kier molecular flexibility index (Phi) is 5.65. The van der Waals surface area contributed by atoms with Crippen molar-refractivity contribution in [3.8, 4) is 5.69 Å². The summed E-state index contributed by atoms with van der Waals surface area (Å²) in [5.41, 5.74) is 2.70. The van der Waals surface area contributed by atoms with Crippen molar-refractivity contribution in [2.45, 2.75) is 25.4 Å². The van der Waals surface area contributed by atoms with Crippen LogP contribution in [0.5, 0.6) is 0 Å². The molecule has 29 heavy (non-hydrogen) atoms. The molecule has 4 rings (SSSR count). The molecule has 1 aliphatic rings. The van der Waals surface area contributed by atoms with Crippen LogP contribution in [-0.4, -0.2) is 38.8 Å². The van der Waals surface area contributed by atoms with Crippen LogP contribution in [0.4, 0.5) is 4.39 Å². The molecule has 7 heteroatoms. The van der Waals surface area contributed by atoms with Crippen molar-refractivity contribution in [3.05, 3.63) is 82.4 Å². The highest BCUT2D eigenvalue weighted by Crippen LogP contribution is 2.33. The molecule has 0 radical (unpaired) electrons. The molecule has 1 saturated heterocycles. The predicted octanol–water partition coefficient (Wildman–Crippen LogP) is 4.18. The van der Waals surface area contributed by atoms with Gasteiger partial charge in [0.1, 0.15) is 5.82 Å². The average molecular weight is 414 g/mol. The number of amides is 1. The third-order valence-corrected chi connectivity index (χ3v) is 5.62. The monoisotopic (exact) mass is 413 g/mol. The zero-order valence-electron chi connectivity index (χ0n) is 15.8. The molecule has 1 aliphatic heterocycles. The highest BCUT2D eigenvalue weighted by Gasteiger charge is 2.29. The number of para-hydroxylation sites is 1. The number of nitrogens with zero attached hydrogens (tertiary/aromatic N) is 3. The van der Waals surface area contributed by atoms with E-state index in [2.05, 4.69) is 5.10 Å². The standard InChI is InChI=1S/C22H21ClFN3O2/c23-17-6-7-20(24)19(12-17)22(29)26-10-8-15(9-11-26)21-16(14-28)13-25-27(21)18-4-2-1-3-5-18/h1-7,12-13,15,28H,8-11,14H2. The van der Waals surface area contributed by atoms with E-state index >= 15 is 0 Å². The molecule has 0 spiro atoms. The lowest BCUT2D eigenvalue weighted by molar-refractivity contribution is 0.0706. The first-order valence-corrected chi connectivity index (χ1v) is 9.93. The van der Waals surface area contributed by atoms with Crippen molar-refractivity contribution >= 4 is 17.5 Å². The van der Waals surface area contributed by atoms with Crippen LogP contribution in [0.1, 0.15) is 40.4 Å². The van der Waals surface area contributed by atoms with Gasteiger partial charge in [-0.3, -0.25) is 4.79 Å². The SMILES string of the molecule is O=C(c1cc(Cl)ccc1F)N1CCC(c2c(CO)cnn2-c2ccccc2)CC1. The second kappa shape index (κ2) is 8.35. The minimum Gasteiger partial charge on any atom is -0.392 e. The predicted molar refractivity (Wildman–Crippen MR) is 109 cm³/mol. The summed E-state index contributed by atoms with van der Waals surface area (Å²) in [5, 5.41) is 14.6. The molecule has 1 fully saturated rings. The largest absolute Gasteiger partial charge is 0.392 e. The summed E-state index contributed by atoms with van der Waals surface area (Å²) < 4.78 is 15.9. The quantitative estimate of drug-likeness (QED) is 0.698. The summed E-state index contributed by atoms with van der Waals surface area (Å²) in [6, 6.07) is 13.8. The minimum absolute atomic E-state index is 0.00123. The Morgan fingerprint density at radius 1 is 1.17 bits per heavy atom.